The third-order valence-corrected chi connectivity index (χ3v) is 6.15. The van der Waals surface area contributed by atoms with Gasteiger partial charge in [0.1, 0.15) is 5.75 Å². The number of carbonyl (C=O) groups excluding carboxylic acids is 2. The Morgan fingerprint density at radius 1 is 1.13 bits per heavy atom. The minimum Gasteiger partial charge on any atom is -0.482 e. The van der Waals surface area contributed by atoms with Crippen molar-refractivity contribution in [3.63, 3.8) is 0 Å². The van der Waals surface area contributed by atoms with E-state index >= 15 is 0 Å². The van der Waals surface area contributed by atoms with Crippen molar-refractivity contribution in [2.24, 2.45) is 5.92 Å². The summed E-state index contributed by atoms with van der Waals surface area (Å²) in [6, 6.07) is 12.9. The highest BCUT2D eigenvalue weighted by atomic mass is 35.5. The molecule has 0 spiro atoms. The van der Waals surface area contributed by atoms with Crippen molar-refractivity contribution in [3.8, 4) is 5.75 Å². The average molecular weight is 427 g/mol. The number of halogens is 1. The number of amides is 2. The Labute approximate surface area is 182 Å². The number of hydrogen-bond donors (Lipinski definition) is 1. The van der Waals surface area contributed by atoms with Crippen LogP contribution in [0.3, 0.4) is 0 Å². The Hall–Kier alpha value is -2.53. The molecular weight excluding hydrogens is 400 g/mol. The fourth-order valence-electron chi connectivity index (χ4n) is 4.31. The summed E-state index contributed by atoms with van der Waals surface area (Å²) in [5.74, 6) is 1.21. The lowest BCUT2D eigenvalue weighted by atomic mass is 9.86. The van der Waals surface area contributed by atoms with Crippen molar-refractivity contribution in [2.45, 2.75) is 51.5 Å². The molecule has 4 rings (SSSR count). The first-order valence-electron chi connectivity index (χ1n) is 10.7. The van der Waals surface area contributed by atoms with Crippen molar-refractivity contribution >= 4 is 34.8 Å². The number of ether oxygens (including phenoxy) is 1. The highest BCUT2D eigenvalue weighted by molar-refractivity contribution is 6.30. The van der Waals surface area contributed by atoms with Crippen LogP contribution in [0.25, 0.3) is 0 Å². The second kappa shape index (κ2) is 9.52. The van der Waals surface area contributed by atoms with Gasteiger partial charge in [-0.3, -0.25) is 9.59 Å². The molecule has 30 heavy (non-hydrogen) atoms. The average Bonchev–Trinajstić information content (AvgIpc) is 2.75. The number of nitrogens with one attached hydrogen (secondary N) is 1. The molecule has 1 heterocycles. The Morgan fingerprint density at radius 3 is 2.77 bits per heavy atom. The van der Waals surface area contributed by atoms with Crippen molar-refractivity contribution in [3.05, 3.63) is 53.1 Å². The number of nitrogens with zero attached hydrogens (tertiary/aromatic N) is 1. The molecule has 2 aromatic rings. The predicted octanol–water partition coefficient (Wildman–Crippen LogP) is 5.56. The van der Waals surface area contributed by atoms with Gasteiger partial charge in [0.25, 0.3) is 5.91 Å². The molecule has 0 saturated heterocycles. The Balaban J connectivity index is 1.44. The molecule has 1 fully saturated rings. The number of fused-ring (bicyclic) bond motifs is 1. The first-order chi connectivity index (χ1) is 14.6. The van der Waals surface area contributed by atoms with E-state index in [1.807, 2.05) is 36.4 Å². The SMILES string of the molecule is O=C(CCC1CCCCC1)Nc1ccc2c(c1)N(Cc1cccc(Cl)c1)C(=O)CO2. The molecule has 1 aliphatic carbocycles. The van der Waals surface area contributed by atoms with Crippen molar-refractivity contribution in [1.82, 2.24) is 0 Å². The molecule has 5 nitrogen and oxygen atoms in total. The number of rotatable bonds is 6. The molecule has 2 aromatic carbocycles. The molecule has 0 aromatic heterocycles. The molecule has 0 atom stereocenters. The van der Waals surface area contributed by atoms with Gasteiger partial charge in [-0.25, -0.2) is 0 Å². The molecule has 0 bridgehead atoms. The maximum Gasteiger partial charge on any atom is 0.265 e. The standard InChI is InChI=1S/C24H27ClN2O3/c25-19-8-4-7-18(13-19)15-27-21-14-20(10-11-22(21)30-16-24(27)29)26-23(28)12-9-17-5-2-1-3-6-17/h4,7-8,10-11,13-14,17H,1-3,5-6,9,12,15-16H2,(H,26,28). The van der Waals surface area contributed by atoms with E-state index in [0.29, 0.717) is 41.0 Å². The van der Waals surface area contributed by atoms with Gasteiger partial charge in [0.2, 0.25) is 5.91 Å². The predicted molar refractivity (Wildman–Crippen MR) is 119 cm³/mol. The van der Waals surface area contributed by atoms with E-state index in [9.17, 15) is 9.59 Å². The normalized spacial score (nSPS) is 16.7. The van der Waals surface area contributed by atoms with Gasteiger partial charge in [0.15, 0.2) is 6.61 Å². The van der Waals surface area contributed by atoms with Crippen LogP contribution in [0.15, 0.2) is 42.5 Å². The van der Waals surface area contributed by atoms with Crippen LogP contribution in [0.4, 0.5) is 11.4 Å². The first kappa shape index (κ1) is 20.7. The third-order valence-electron chi connectivity index (χ3n) is 5.92. The summed E-state index contributed by atoms with van der Waals surface area (Å²) in [7, 11) is 0. The van der Waals surface area contributed by atoms with Gasteiger partial charge in [-0.1, -0.05) is 55.8 Å². The molecule has 2 aliphatic rings. The van der Waals surface area contributed by atoms with Gasteiger partial charge in [0.05, 0.1) is 12.2 Å². The van der Waals surface area contributed by atoms with Gasteiger partial charge in [0, 0.05) is 17.1 Å². The molecule has 158 valence electrons. The van der Waals surface area contributed by atoms with E-state index in [1.165, 1.54) is 32.1 Å². The summed E-state index contributed by atoms with van der Waals surface area (Å²) in [4.78, 5) is 26.7. The van der Waals surface area contributed by atoms with Crippen LogP contribution in [-0.4, -0.2) is 18.4 Å². The fraction of sp³-hybridized carbons (Fsp3) is 0.417. The minimum atomic E-state index is -0.122. The van der Waals surface area contributed by atoms with E-state index in [0.717, 1.165) is 12.0 Å². The lowest BCUT2D eigenvalue weighted by Crippen LogP contribution is -2.38. The van der Waals surface area contributed by atoms with Crippen LogP contribution in [0.5, 0.6) is 5.75 Å². The second-order valence-electron chi connectivity index (χ2n) is 8.17. The van der Waals surface area contributed by atoms with E-state index in [2.05, 4.69) is 5.32 Å². The zero-order valence-corrected chi connectivity index (χ0v) is 17.8. The lowest BCUT2D eigenvalue weighted by molar-refractivity contribution is -0.121. The molecular formula is C24H27ClN2O3. The molecule has 0 unspecified atom stereocenters. The van der Waals surface area contributed by atoms with Gasteiger partial charge in [-0.05, 0) is 48.2 Å². The van der Waals surface area contributed by atoms with Crippen LogP contribution < -0.4 is 15.0 Å². The Kier molecular flexibility index (Phi) is 6.58. The number of carbonyl (C=O) groups is 2. The molecule has 0 radical (unpaired) electrons. The van der Waals surface area contributed by atoms with Gasteiger partial charge in [-0.2, -0.15) is 0 Å². The van der Waals surface area contributed by atoms with Crippen LogP contribution in [0.2, 0.25) is 5.02 Å². The largest absolute Gasteiger partial charge is 0.482 e. The number of hydrogen-bond acceptors (Lipinski definition) is 3. The zero-order chi connectivity index (χ0) is 20.9. The monoisotopic (exact) mass is 426 g/mol. The molecule has 1 saturated carbocycles. The Bertz CT molecular complexity index is 924. The van der Waals surface area contributed by atoms with E-state index in [-0.39, 0.29) is 18.4 Å². The summed E-state index contributed by atoms with van der Waals surface area (Å²) >= 11 is 6.09. The van der Waals surface area contributed by atoms with Crippen LogP contribution in [0.1, 0.15) is 50.5 Å². The molecule has 2 amide bonds. The third kappa shape index (κ3) is 5.14. The maximum absolute atomic E-state index is 12.5. The maximum atomic E-state index is 12.5. The topological polar surface area (TPSA) is 58.6 Å². The van der Waals surface area contributed by atoms with E-state index in [4.69, 9.17) is 16.3 Å². The summed E-state index contributed by atoms with van der Waals surface area (Å²) in [5.41, 5.74) is 2.28. The van der Waals surface area contributed by atoms with Gasteiger partial charge < -0.3 is 15.0 Å². The quantitative estimate of drug-likeness (QED) is 0.657. The summed E-state index contributed by atoms with van der Waals surface area (Å²) in [6.07, 6.45) is 7.85. The first-order valence-corrected chi connectivity index (χ1v) is 11.1. The zero-order valence-electron chi connectivity index (χ0n) is 17.0. The van der Waals surface area contributed by atoms with Gasteiger partial charge in [-0.15, -0.1) is 0 Å². The van der Waals surface area contributed by atoms with E-state index < -0.39 is 0 Å². The van der Waals surface area contributed by atoms with Crippen molar-refractivity contribution in [2.75, 3.05) is 16.8 Å². The lowest BCUT2D eigenvalue weighted by Gasteiger charge is -2.30. The number of benzene rings is 2. The minimum absolute atomic E-state index is 0.000655. The molecule has 1 N–H and O–H groups in total. The smallest absolute Gasteiger partial charge is 0.265 e. The molecule has 1 aliphatic heterocycles. The summed E-state index contributed by atoms with van der Waals surface area (Å²) in [6.45, 7) is 0.398. The molecule has 6 heteroatoms. The van der Waals surface area contributed by atoms with Crippen molar-refractivity contribution < 1.29 is 14.3 Å². The summed E-state index contributed by atoms with van der Waals surface area (Å²) in [5, 5.41) is 3.62. The van der Waals surface area contributed by atoms with E-state index in [1.54, 1.807) is 11.0 Å². The van der Waals surface area contributed by atoms with Crippen LogP contribution in [0, 0.1) is 5.92 Å². The van der Waals surface area contributed by atoms with Crippen LogP contribution >= 0.6 is 11.6 Å². The van der Waals surface area contributed by atoms with Crippen molar-refractivity contribution in [1.29, 1.82) is 0 Å². The summed E-state index contributed by atoms with van der Waals surface area (Å²) < 4.78 is 5.58. The second-order valence-corrected chi connectivity index (χ2v) is 8.61. The van der Waals surface area contributed by atoms with Crippen LogP contribution in [-0.2, 0) is 16.1 Å². The highest BCUT2D eigenvalue weighted by Gasteiger charge is 2.26. The Morgan fingerprint density at radius 2 is 1.97 bits per heavy atom. The number of anilines is 2. The van der Waals surface area contributed by atoms with Gasteiger partial charge >= 0.3 is 0 Å². The fourth-order valence-corrected chi connectivity index (χ4v) is 4.52. The highest BCUT2D eigenvalue weighted by Crippen LogP contribution is 2.36.